The van der Waals surface area contributed by atoms with Crippen LogP contribution < -0.4 is 10.2 Å². The van der Waals surface area contributed by atoms with E-state index in [0.29, 0.717) is 37.1 Å². The molecule has 8 heteroatoms. The van der Waals surface area contributed by atoms with Gasteiger partial charge in [-0.15, -0.1) is 5.73 Å². The van der Waals surface area contributed by atoms with Crippen LogP contribution in [0.2, 0.25) is 0 Å². The zero-order valence-corrected chi connectivity index (χ0v) is 23.5. The summed E-state index contributed by atoms with van der Waals surface area (Å²) in [4.78, 5) is 29.8. The number of nitrogens with zero attached hydrogens (tertiary/aromatic N) is 2. The third-order valence-electron chi connectivity index (χ3n) is 7.95. The molecule has 4 atom stereocenters. The molecule has 2 aromatic rings. The lowest BCUT2D eigenvalue weighted by atomic mass is 9.78. The van der Waals surface area contributed by atoms with E-state index in [1.807, 2.05) is 44.2 Å². The highest BCUT2D eigenvalue weighted by Crippen LogP contribution is 2.41. The Morgan fingerprint density at radius 3 is 2.58 bits per heavy atom. The molecule has 6 nitrogen and oxygen atoms in total. The fraction of sp³-hybridized carbons (Fsp3) is 0.469. The molecule has 2 amide bonds. The number of alkyl halides is 1. The summed E-state index contributed by atoms with van der Waals surface area (Å²) in [7, 11) is 0. The minimum absolute atomic E-state index is 0.155. The van der Waals surface area contributed by atoms with Crippen molar-refractivity contribution in [1.82, 2.24) is 10.2 Å². The van der Waals surface area contributed by atoms with Gasteiger partial charge in [-0.25, -0.2) is 13.6 Å². The van der Waals surface area contributed by atoms with Crippen LogP contribution in [0.4, 0.5) is 19.3 Å². The highest BCUT2D eigenvalue weighted by atomic mass is 19.1. The zero-order chi connectivity index (χ0) is 28.7. The van der Waals surface area contributed by atoms with E-state index in [4.69, 9.17) is 4.74 Å². The Balaban J connectivity index is 1.69. The molecule has 1 aliphatic carbocycles. The van der Waals surface area contributed by atoms with Crippen LogP contribution in [-0.4, -0.2) is 47.2 Å². The standard InChI is InChI=1S/C32H39F2N3O3/c1-4-11-30(35-29-17-9-8-16-28(29)34)32(37(24(3)38)27-15-10-14-26(33)20-27)18-19-36(23(2)21-32)31(39)40-22-25-12-6-5-7-13-25/h4-7,10,12-15,20,23,28-29,35H,8-9,16-19,21-22H2,1-3H3/t11?,23-,28+,29?,32+/m0/s1. The third kappa shape index (κ3) is 6.56. The number of benzene rings is 2. The molecule has 1 saturated heterocycles. The molecule has 1 saturated carbocycles. The molecular weight excluding hydrogens is 512 g/mol. The summed E-state index contributed by atoms with van der Waals surface area (Å²) in [6, 6.07) is 14.6. The third-order valence-corrected chi connectivity index (χ3v) is 7.95. The van der Waals surface area contributed by atoms with Crippen molar-refractivity contribution in [1.29, 1.82) is 0 Å². The summed E-state index contributed by atoms with van der Waals surface area (Å²) in [5.74, 6) is -0.745. The van der Waals surface area contributed by atoms with Crippen molar-refractivity contribution in [2.75, 3.05) is 11.4 Å². The Bertz CT molecular complexity index is 1250. The predicted molar refractivity (Wildman–Crippen MR) is 152 cm³/mol. The van der Waals surface area contributed by atoms with E-state index < -0.39 is 29.7 Å². The highest BCUT2D eigenvalue weighted by molar-refractivity contribution is 5.94. The topological polar surface area (TPSA) is 61.9 Å². The lowest BCUT2D eigenvalue weighted by molar-refractivity contribution is -0.118. The largest absolute Gasteiger partial charge is 0.445 e. The molecule has 0 spiro atoms. The number of hydrogen-bond donors (Lipinski definition) is 1. The maximum atomic E-state index is 15.0. The first kappa shape index (κ1) is 29.3. The van der Waals surface area contributed by atoms with Gasteiger partial charge in [0.25, 0.3) is 0 Å². The van der Waals surface area contributed by atoms with Crippen LogP contribution in [0.3, 0.4) is 0 Å². The van der Waals surface area contributed by atoms with Gasteiger partial charge >= 0.3 is 6.09 Å². The van der Waals surface area contributed by atoms with Crippen LogP contribution in [0.1, 0.15) is 64.9 Å². The van der Waals surface area contributed by atoms with Gasteiger partial charge in [0.1, 0.15) is 18.6 Å². The first-order chi connectivity index (χ1) is 19.2. The summed E-state index contributed by atoms with van der Waals surface area (Å²) in [6.07, 6.45) is 3.84. The van der Waals surface area contributed by atoms with Crippen molar-refractivity contribution >= 4 is 17.7 Å². The average molecular weight is 552 g/mol. The molecule has 4 rings (SSSR count). The highest BCUT2D eigenvalue weighted by Gasteiger charge is 2.50. The molecule has 214 valence electrons. The van der Waals surface area contributed by atoms with E-state index in [1.54, 1.807) is 28.0 Å². The number of piperidine rings is 1. The second-order valence-electron chi connectivity index (χ2n) is 10.8. The first-order valence-electron chi connectivity index (χ1n) is 14.1. The summed E-state index contributed by atoms with van der Waals surface area (Å²) >= 11 is 0. The molecule has 2 fully saturated rings. The summed E-state index contributed by atoms with van der Waals surface area (Å²) in [5, 5.41) is 3.43. The average Bonchev–Trinajstić information content (AvgIpc) is 2.93. The van der Waals surface area contributed by atoms with Gasteiger partial charge in [0.2, 0.25) is 5.91 Å². The van der Waals surface area contributed by atoms with Crippen LogP contribution in [-0.2, 0) is 16.1 Å². The van der Waals surface area contributed by atoms with Crippen LogP contribution in [0.15, 0.2) is 72.1 Å². The number of carbonyl (C=O) groups is 2. The number of amides is 2. The number of hydrogen-bond acceptors (Lipinski definition) is 4. The molecule has 0 radical (unpaired) electrons. The SMILES string of the molecule is CC=C=C(NC1CCCC[C@H]1F)[C@@]1(N(C(C)=O)c2cccc(F)c2)CCN(C(=O)OCc2ccccc2)[C@@H](C)C1. The van der Waals surface area contributed by atoms with E-state index >= 15 is 4.39 Å². The Morgan fingerprint density at radius 2 is 1.93 bits per heavy atom. The fourth-order valence-corrected chi connectivity index (χ4v) is 6.08. The van der Waals surface area contributed by atoms with Crippen molar-refractivity contribution in [3.8, 4) is 0 Å². The molecule has 1 heterocycles. The van der Waals surface area contributed by atoms with E-state index in [0.717, 1.165) is 18.4 Å². The van der Waals surface area contributed by atoms with Gasteiger partial charge in [-0.05, 0) is 69.4 Å². The van der Waals surface area contributed by atoms with Crippen molar-refractivity contribution in [3.05, 3.63) is 83.5 Å². The van der Waals surface area contributed by atoms with Gasteiger partial charge in [0.15, 0.2) is 0 Å². The first-order valence-corrected chi connectivity index (χ1v) is 14.1. The number of nitrogens with one attached hydrogen (secondary N) is 1. The van der Waals surface area contributed by atoms with Crippen LogP contribution >= 0.6 is 0 Å². The molecule has 2 aliphatic rings. The van der Waals surface area contributed by atoms with Crippen molar-refractivity contribution < 1.29 is 23.1 Å². The van der Waals surface area contributed by atoms with Gasteiger partial charge in [-0.2, -0.15) is 0 Å². The van der Waals surface area contributed by atoms with Crippen molar-refractivity contribution in [3.63, 3.8) is 0 Å². The maximum Gasteiger partial charge on any atom is 0.410 e. The van der Waals surface area contributed by atoms with Crippen LogP contribution in [0, 0.1) is 5.82 Å². The number of anilines is 1. The van der Waals surface area contributed by atoms with Gasteiger partial charge in [-0.3, -0.25) is 4.79 Å². The number of ether oxygens (including phenoxy) is 1. The quantitative estimate of drug-likeness (QED) is 0.391. The Labute approximate surface area is 235 Å². The van der Waals surface area contributed by atoms with Crippen molar-refractivity contribution in [2.45, 2.75) is 89.7 Å². The molecule has 1 N–H and O–H groups in total. The number of likely N-dealkylation sites (tertiary alicyclic amines) is 1. The minimum atomic E-state index is -1.02. The Hall–Kier alpha value is -3.64. The number of carbonyl (C=O) groups excluding carboxylic acids is 2. The van der Waals surface area contributed by atoms with E-state index in [1.165, 1.54) is 19.1 Å². The summed E-state index contributed by atoms with van der Waals surface area (Å²) < 4.78 is 35.1. The summed E-state index contributed by atoms with van der Waals surface area (Å²) in [6.45, 7) is 5.62. The lowest BCUT2D eigenvalue weighted by Gasteiger charge is -2.52. The van der Waals surface area contributed by atoms with E-state index in [-0.39, 0.29) is 25.1 Å². The van der Waals surface area contributed by atoms with Gasteiger partial charge in [0.05, 0.1) is 17.3 Å². The zero-order valence-electron chi connectivity index (χ0n) is 23.5. The maximum absolute atomic E-state index is 15.0. The smallest absolute Gasteiger partial charge is 0.410 e. The predicted octanol–water partition coefficient (Wildman–Crippen LogP) is 6.67. The van der Waals surface area contributed by atoms with Gasteiger partial charge in [0, 0.05) is 25.2 Å². The molecular formula is C32H39F2N3O3. The van der Waals surface area contributed by atoms with E-state index in [2.05, 4.69) is 11.0 Å². The van der Waals surface area contributed by atoms with Crippen LogP contribution in [0.25, 0.3) is 0 Å². The van der Waals surface area contributed by atoms with E-state index in [9.17, 15) is 14.0 Å². The lowest BCUT2D eigenvalue weighted by Crippen LogP contribution is -2.64. The fourth-order valence-electron chi connectivity index (χ4n) is 6.08. The molecule has 1 unspecified atom stereocenters. The van der Waals surface area contributed by atoms with Gasteiger partial charge < -0.3 is 19.9 Å². The number of rotatable bonds is 7. The van der Waals surface area contributed by atoms with Crippen LogP contribution in [0.5, 0.6) is 0 Å². The molecule has 1 aliphatic heterocycles. The molecule has 2 aromatic carbocycles. The molecule has 0 bridgehead atoms. The molecule has 40 heavy (non-hydrogen) atoms. The number of halogens is 2. The Kier molecular flexibility index (Phi) is 9.64. The second kappa shape index (κ2) is 13.1. The summed E-state index contributed by atoms with van der Waals surface area (Å²) in [5.41, 5.74) is 4.13. The monoisotopic (exact) mass is 551 g/mol. The molecule has 0 aromatic heterocycles. The van der Waals surface area contributed by atoms with Crippen molar-refractivity contribution in [2.24, 2.45) is 0 Å². The van der Waals surface area contributed by atoms with Gasteiger partial charge in [-0.1, -0.05) is 49.2 Å². The normalized spacial score (nSPS) is 24.4. The minimum Gasteiger partial charge on any atom is -0.445 e. The Morgan fingerprint density at radius 1 is 1.18 bits per heavy atom. The second-order valence-corrected chi connectivity index (χ2v) is 10.8.